The van der Waals surface area contributed by atoms with Gasteiger partial charge in [-0.25, -0.2) is 0 Å². The fourth-order valence-corrected chi connectivity index (χ4v) is 2.53. The largest absolute Gasteiger partial charge is 0.158 e. The van der Waals surface area contributed by atoms with Crippen molar-refractivity contribution in [2.24, 2.45) is 20.5 Å². The average Bonchev–Trinajstić information content (AvgIpc) is 3.25. The van der Waals surface area contributed by atoms with Crippen LogP contribution in [-0.2, 0) is 0 Å². The van der Waals surface area contributed by atoms with Crippen LogP contribution in [0.25, 0.3) is 11.1 Å². The van der Waals surface area contributed by atoms with E-state index in [1.54, 1.807) is 12.4 Å². The van der Waals surface area contributed by atoms with E-state index in [-0.39, 0.29) is 0 Å². The molecule has 2 aromatic rings. The summed E-state index contributed by atoms with van der Waals surface area (Å²) in [5.41, 5.74) is 5.62. The highest BCUT2D eigenvalue weighted by molar-refractivity contribution is 5.89. The molecule has 0 unspecified atom stereocenters. The lowest BCUT2D eigenvalue weighted by Crippen LogP contribution is -1.92. The first-order valence-corrected chi connectivity index (χ1v) is 7.01. The summed E-state index contributed by atoms with van der Waals surface area (Å²) in [7, 11) is 0. The van der Waals surface area contributed by atoms with Crippen LogP contribution in [0, 0.1) is 0 Å². The van der Waals surface area contributed by atoms with E-state index in [4.69, 9.17) is 0 Å². The summed E-state index contributed by atoms with van der Waals surface area (Å²) in [5.74, 6) is 0. The number of benzene rings is 2. The first kappa shape index (κ1) is 12.6. The quantitative estimate of drug-likeness (QED) is 0.726. The Morgan fingerprint density at radius 1 is 0.500 bits per heavy atom. The van der Waals surface area contributed by atoms with Crippen molar-refractivity contribution in [1.82, 2.24) is 0 Å². The zero-order valence-corrected chi connectivity index (χ0v) is 11.7. The van der Waals surface area contributed by atoms with Gasteiger partial charge in [0.05, 0.1) is 12.4 Å². The SMILES string of the molecule is C1=C(c2ccccc2)C(=C2N=NC=C2c2ccccc2)N=N1. The van der Waals surface area contributed by atoms with Gasteiger partial charge in [0.25, 0.3) is 0 Å². The first-order valence-electron chi connectivity index (χ1n) is 7.01. The zero-order chi connectivity index (χ0) is 14.8. The Labute approximate surface area is 127 Å². The maximum absolute atomic E-state index is 4.27. The van der Waals surface area contributed by atoms with Crippen LogP contribution in [0.15, 0.2) is 105 Å². The number of nitrogens with zero attached hydrogens (tertiary/aromatic N) is 4. The van der Waals surface area contributed by atoms with Crippen molar-refractivity contribution in [3.8, 4) is 0 Å². The summed E-state index contributed by atoms with van der Waals surface area (Å²) in [6.45, 7) is 0. The molecule has 2 heterocycles. The summed E-state index contributed by atoms with van der Waals surface area (Å²) in [6.07, 6.45) is 3.54. The molecule has 4 nitrogen and oxygen atoms in total. The van der Waals surface area contributed by atoms with E-state index in [0.717, 1.165) is 33.7 Å². The molecule has 4 heteroatoms. The second-order valence-electron chi connectivity index (χ2n) is 4.95. The van der Waals surface area contributed by atoms with Gasteiger partial charge < -0.3 is 0 Å². The number of allylic oxidation sites excluding steroid dienone is 2. The summed E-state index contributed by atoms with van der Waals surface area (Å²) < 4.78 is 0. The zero-order valence-electron chi connectivity index (χ0n) is 11.7. The molecule has 0 atom stereocenters. The van der Waals surface area contributed by atoms with Gasteiger partial charge in [-0.15, -0.1) is 10.2 Å². The topological polar surface area (TPSA) is 49.4 Å². The van der Waals surface area contributed by atoms with Crippen LogP contribution in [0.3, 0.4) is 0 Å². The minimum absolute atomic E-state index is 0.766. The Balaban J connectivity index is 1.81. The molecule has 0 radical (unpaired) electrons. The van der Waals surface area contributed by atoms with E-state index in [1.165, 1.54) is 0 Å². The van der Waals surface area contributed by atoms with Gasteiger partial charge in [-0.3, -0.25) is 0 Å². The third kappa shape index (κ3) is 2.11. The fraction of sp³-hybridized carbons (Fsp3) is 0. The summed E-state index contributed by atoms with van der Waals surface area (Å²) in [5, 5.41) is 16.7. The van der Waals surface area contributed by atoms with E-state index < -0.39 is 0 Å². The third-order valence-corrected chi connectivity index (χ3v) is 3.59. The first-order chi connectivity index (χ1) is 10.9. The standard InChI is InChI=1S/C18H12N4/c1-3-7-13(8-4-1)15-11-19-21-17(15)18-16(12-20-22-18)14-9-5-2-6-10-14/h1-12H. The molecule has 0 N–H and O–H groups in total. The van der Waals surface area contributed by atoms with E-state index in [1.807, 2.05) is 60.7 Å². The molecule has 2 aliphatic heterocycles. The minimum atomic E-state index is 0.766. The Bertz CT molecular complexity index is 783. The lowest BCUT2D eigenvalue weighted by atomic mass is 9.98. The molecule has 0 aliphatic carbocycles. The number of rotatable bonds is 2. The highest BCUT2D eigenvalue weighted by Crippen LogP contribution is 2.39. The van der Waals surface area contributed by atoms with Gasteiger partial charge in [0.2, 0.25) is 0 Å². The van der Waals surface area contributed by atoms with Crippen LogP contribution in [0.4, 0.5) is 0 Å². The predicted molar refractivity (Wildman–Crippen MR) is 85.6 cm³/mol. The monoisotopic (exact) mass is 284 g/mol. The molecule has 0 aromatic heterocycles. The van der Waals surface area contributed by atoms with Crippen molar-refractivity contribution in [2.75, 3.05) is 0 Å². The average molecular weight is 284 g/mol. The molecule has 0 bridgehead atoms. The summed E-state index contributed by atoms with van der Waals surface area (Å²) in [6, 6.07) is 20.2. The lowest BCUT2D eigenvalue weighted by molar-refractivity contribution is 1.16. The maximum atomic E-state index is 4.27. The number of hydrogen-bond acceptors (Lipinski definition) is 4. The van der Waals surface area contributed by atoms with Crippen molar-refractivity contribution in [2.45, 2.75) is 0 Å². The second-order valence-corrected chi connectivity index (χ2v) is 4.95. The molecule has 22 heavy (non-hydrogen) atoms. The van der Waals surface area contributed by atoms with Crippen LogP contribution in [-0.4, -0.2) is 0 Å². The Morgan fingerprint density at radius 3 is 1.32 bits per heavy atom. The predicted octanol–water partition coefficient (Wildman–Crippen LogP) is 5.21. The van der Waals surface area contributed by atoms with Gasteiger partial charge in [0.15, 0.2) is 0 Å². The Kier molecular flexibility index (Phi) is 3.05. The van der Waals surface area contributed by atoms with Crippen LogP contribution in [0.1, 0.15) is 11.1 Å². The van der Waals surface area contributed by atoms with Crippen LogP contribution in [0.2, 0.25) is 0 Å². The molecule has 4 rings (SSSR count). The fourth-order valence-electron chi connectivity index (χ4n) is 2.53. The molecule has 0 spiro atoms. The molecule has 104 valence electrons. The molecule has 0 saturated heterocycles. The normalized spacial score (nSPS) is 19.5. The Hall–Kier alpha value is -3.14. The minimum Gasteiger partial charge on any atom is -0.158 e. The summed E-state index contributed by atoms with van der Waals surface area (Å²) in [4.78, 5) is 0. The molecule has 0 amide bonds. The van der Waals surface area contributed by atoms with Crippen molar-refractivity contribution in [1.29, 1.82) is 0 Å². The van der Waals surface area contributed by atoms with E-state index in [2.05, 4.69) is 20.5 Å². The highest BCUT2D eigenvalue weighted by atomic mass is 15.2. The second kappa shape index (κ2) is 5.33. The van der Waals surface area contributed by atoms with Gasteiger partial charge in [-0.1, -0.05) is 60.7 Å². The maximum Gasteiger partial charge on any atom is 0.123 e. The Morgan fingerprint density at radius 2 is 0.909 bits per heavy atom. The van der Waals surface area contributed by atoms with Crippen LogP contribution >= 0.6 is 0 Å². The van der Waals surface area contributed by atoms with Gasteiger partial charge in [0.1, 0.15) is 11.4 Å². The van der Waals surface area contributed by atoms with E-state index >= 15 is 0 Å². The molecule has 2 aliphatic rings. The van der Waals surface area contributed by atoms with Crippen molar-refractivity contribution in [3.05, 3.63) is 95.6 Å². The smallest absolute Gasteiger partial charge is 0.123 e. The van der Waals surface area contributed by atoms with Gasteiger partial charge in [-0.2, -0.15) is 10.2 Å². The van der Waals surface area contributed by atoms with E-state index in [0.29, 0.717) is 0 Å². The van der Waals surface area contributed by atoms with Gasteiger partial charge in [-0.05, 0) is 11.1 Å². The van der Waals surface area contributed by atoms with Crippen LogP contribution in [0.5, 0.6) is 0 Å². The van der Waals surface area contributed by atoms with Crippen molar-refractivity contribution >= 4 is 11.1 Å². The van der Waals surface area contributed by atoms with E-state index in [9.17, 15) is 0 Å². The van der Waals surface area contributed by atoms with Gasteiger partial charge in [0, 0.05) is 11.1 Å². The molecule has 0 saturated carbocycles. The number of hydrogen-bond donors (Lipinski definition) is 0. The molecular formula is C18H12N4. The summed E-state index contributed by atoms with van der Waals surface area (Å²) >= 11 is 0. The molecule has 0 fully saturated rings. The van der Waals surface area contributed by atoms with Gasteiger partial charge >= 0.3 is 0 Å². The lowest BCUT2D eigenvalue weighted by Gasteiger charge is -2.07. The number of azo groups is 2. The van der Waals surface area contributed by atoms with Crippen molar-refractivity contribution < 1.29 is 0 Å². The highest BCUT2D eigenvalue weighted by Gasteiger charge is 2.23. The third-order valence-electron chi connectivity index (χ3n) is 3.59. The molecule has 2 aromatic carbocycles. The molecular weight excluding hydrogens is 272 g/mol. The van der Waals surface area contributed by atoms with Crippen molar-refractivity contribution in [3.63, 3.8) is 0 Å². The van der Waals surface area contributed by atoms with Crippen LogP contribution < -0.4 is 0 Å².